The molecule has 2 unspecified atom stereocenters. The third kappa shape index (κ3) is 6.94. The van der Waals surface area contributed by atoms with Crippen molar-refractivity contribution in [3.05, 3.63) is 29.6 Å². The molecule has 0 bridgehead atoms. The molecule has 2 N–H and O–H groups in total. The van der Waals surface area contributed by atoms with E-state index in [9.17, 15) is 4.39 Å². The first kappa shape index (κ1) is 18.0. The third-order valence-corrected chi connectivity index (χ3v) is 3.98. The summed E-state index contributed by atoms with van der Waals surface area (Å²) in [5.74, 6) is 0.935. The lowest BCUT2D eigenvalue weighted by atomic mass is 10.0. The van der Waals surface area contributed by atoms with Crippen LogP contribution >= 0.6 is 0 Å². The molecule has 21 heavy (non-hydrogen) atoms. The zero-order valence-corrected chi connectivity index (χ0v) is 13.7. The van der Waals surface area contributed by atoms with Crippen LogP contribution in [-0.4, -0.2) is 12.6 Å². The van der Waals surface area contributed by atoms with Crippen molar-refractivity contribution >= 4 is 0 Å². The van der Waals surface area contributed by atoms with Gasteiger partial charge in [0, 0.05) is 12.1 Å². The zero-order chi connectivity index (χ0) is 15.7. The highest BCUT2D eigenvalue weighted by atomic mass is 19.1. The highest BCUT2D eigenvalue weighted by molar-refractivity contribution is 5.30. The van der Waals surface area contributed by atoms with Crippen LogP contribution in [-0.2, 0) is 6.42 Å². The van der Waals surface area contributed by atoms with Crippen LogP contribution in [0.15, 0.2) is 18.2 Å². The number of hydrogen-bond acceptors (Lipinski definition) is 2. The molecule has 0 aliphatic carbocycles. The van der Waals surface area contributed by atoms with E-state index in [1.165, 1.54) is 25.3 Å². The van der Waals surface area contributed by atoms with Gasteiger partial charge in [0.05, 0.1) is 6.61 Å². The van der Waals surface area contributed by atoms with Crippen LogP contribution < -0.4 is 10.5 Å². The molecule has 0 aromatic heterocycles. The maximum absolute atomic E-state index is 13.7. The zero-order valence-electron chi connectivity index (χ0n) is 13.7. The molecule has 0 spiro atoms. The first-order chi connectivity index (χ1) is 10.1. The van der Waals surface area contributed by atoms with Gasteiger partial charge in [-0.3, -0.25) is 0 Å². The smallest absolute Gasteiger partial charge is 0.127 e. The van der Waals surface area contributed by atoms with E-state index in [1.54, 1.807) is 6.07 Å². The highest BCUT2D eigenvalue weighted by Crippen LogP contribution is 2.20. The minimum atomic E-state index is -0.243. The first-order valence-electron chi connectivity index (χ1n) is 8.26. The molecule has 0 saturated heterocycles. The molecule has 3 heteroatoms. The van der Waals surface area contributed by atoms with E-state index in [4.69, 9.17) is 10.5 Å². The van der Waals surface area contributed by atoms with Crippen molar-refractivity contribution in [1.82, 2.24) is 0 Å². The van der Waals surface area contributed by atoms with Gasteiger partial charge in [-0.2, -0.15) is 0 Å². The summed E-state index contributed by atoms with van der Waals surface area (Å²) in [7, 11) is 0. The van der Waals surface area contributed by atoms with Crippen molar-refractivity contribution in [3.8, 4) is 5.75 Å². The summed E-state index contributed by atoms with van der Waals surface area (Å²) >= 11 is 0. The Labute approximate surface area is 128 Å². The third-order valence-electron chi connectivity index (χ3n) is 3.98. The van der Waals surface area contributed by atoms with Crippen molar-refractivity contribution in [1.29, 1.82) is 0 Å². The molecule has 0 heterocycles. The van der Waals surface area contributed by atoms with E-state index in [0.717, 1.165) is 18.4 Å². The number of nitrogens with two attached hydrogens (primary N) is 1. The van der Waals surface area contributed by atoms with Gasteiger partial charge in [-0.05, 0) is 42.9 Å². The summed E-state index contributed by atoms with van der Waals surface area (Å²) in [6, 6.07) is 5.02. The number of rotatable bonds is 10. The quantitative estimate of drug-likeness (QED) is 0.679. The molecule has 2 nitrogen and oxygen atoms in total. The minimum Gasteiger partial charge on any atom is -0.493 e. The van der Waals surface area contributed by atoms with Crippen LogP contribution in [0.1, 0.15) is 58.4 Å². The van der Waals surface area contributed by atoms with Crippen LogP contribution in [0.3, 0.4) is 0 Å². The average Bonchev–Trinajstić information content (AvgIpc) is 2.46. The number of hydrogen-bond donors (Lipinski definition) is 1. The second-order valence-electron chi connectivity index (χ2n) is 5.90. The van der Waals surface area contributed by atoms with E-state index >= 15 is 0 Å². The van der Waals surface area contributed by atoms with Crippen molar-refractivity contribution < 1.29 is 9.13 Å². The number of unbranched alkanes of at least 4 members (excludes halogenated alkanes) is 1. The summed E-state index contributed by atoms with van der Waals surface area (Å²) in [6.07, 6.45) is 6.29. The van der Waals surface area contributed by atoms with Crippen LogP contribution in [0.25, 0.3) is 0 Å². The summed E-state index contributed by atoms with van der Waals surface area (Å²) in [5.41, 5.74) is 6.86. The van der Waals surface area contributed by atoms with Gasteiger partial charge < -0.3 is 10.5 Å². The van der Waals surface area contributed by atoms with Crippen LogP contribution in [0, 0.1) is 11.7 Å². The first-order valence-corrected chi connectivity index (χ1v) is 8.26. The Kier molecular flexibility index (Phi) is 8.36. The predicted octanol–water partition coefficient (Wildman–Crippen LogP) is 4.70. The topological polar surface area (TPSA) is 35.2 Å². The number of halogens is 1. The average molecular weight is 295 g/mol. The molecule has 0 radical (unpaired) electrons. The minimum absolute atomic E-state index is 0.0765. The molecule has 0 aliphatic rings. The van der Waals surface area contributed by atoms with E-state index in [0.29, 0.717) is 24.7 Å². The lowest BCUT2D eigenvalue weighted by molar-refractivity contribution is 0.232. The van der Waals surface area contributed by atoms with Crippen molar-refractivity contribution in [2.75, 3.05) is 6.61 Å². The Morgan fingerprint density at radius 2 is 1.90 bits per heavy atom. The fraction of sp³-hybridized carbons (Fsp3) is 0.667. The molecule has 1 aromatic carbocycles. The maximum atomic E-state index is 13.7. The molecule has 1 aromatic rings. The van der Waals surface area contributed by atoms with Gasteiger partial charge >= 0.3 is 0 Å². The van der Waals surface area contributed by atoms with Crippen molar-refractivity contribution in [2.24, 2.45) is 11.7 Å². The SMILES string of the molecule is CCCCC(CC)COc1cc(F)cc(CC(N)CC)c1. The highest BCUT2D eigenvalue weighted by Gasteiger charge is 2.09. The standard InChI is InChI=1S/C18H30FNO/c1-4-7-8-14(5-2)13-21-18-11-15(9-16(19)12-18)10-17(20)6-3/h9,11-12,14,17H,4-8,10,13,20H2,1-3H3. The van der Waals surface area contributed by atoms with Gasteiger partial charge in [0.2, 0.25) is 0 Å². The Hall–Kier alpha value is -1.09. The van der Waals surface area contributed by atoms with Crippen LogP contribution in [0.4, 0.5) is 4.39 Å². The Morgan fingerprint density at radius 1 is 1.14 bits per heavy atom. The molecule has 2 atom stereocenters. The van der Waals surface area contributed by atoms with Crippen LogP contribution in [0.5, 0.6) is 5.75 Å². The Morgan fingerprint density at radius 3 is 2.52 bits per heavy atom. The van der Waals surface area contributed by atoms with Gasteiger partial charge in [0.25, 0.3) is 0 Å². The number of ether oxygens (including phenoxy) is 1. The second kappa shape index (κ2) is 9.78. The molecule has 1 rings (SSSR count). The summed E-state index contributed by atoms with van der Waals surface area (Å²) in [5, 5.41) is 0. The van der Waals surface area contributed by atoms with Gasteiger partial charge in [0.1, 0.15) is 11.6 Å². The lowest BCUT2D eigenvalue weighted by Gasteiger charge is -2.16. The fourth-order valence-electron chi connectivity index (χ4n) is 2.38. The summed E-state index contributed by atoms with van der Waals surface area (Å²) < 4.78 is 19.5. The van der Waals surface area contributed by atoms with Gasteiger partial charge in [-0.1, -0.05) is 40.0 Å². The predicted molar refractivity (Wildman–Crippen MR) is 87.2 cm³/mol. The van der Waals surface area contributed by atoms with Gasteiger partial charge in [0.15, 0.2) is 0 Å². The second-order valence-corrected chi connectivity index (χ2v) is 5.90. The summed E-state index contributed by atoms with van der Waals surface area (Å²) in [4.78, 5) is 0. The molecule has 0 fully saturated rings. The number of benzene rings is 1. The molecule has 120 valence electrons. The van der Waals surface area contributed by atoms with E-state index in [1.807, 2.05) is 13.0 Å². The van der Waals surface area contributed by atoms with Crippen molar-refractivity contribution in [3.63, 3.8) is 0 Å². The molecular formula is C18H30FNO. The normalized spacial score (nSPS) is 14.0. The Balaban J connectivity index is 2.61. The molecule has 0 aliphatic heterocycles. The van der Waals surface area contributed by atoms with Gasteiger partial charge in [-0.25, -0.2) is 4.39 Å². The maximum Gasteiger partial charge on any atom is 0.127 e. The molecular weight excluding hydrogens is 265 g/mol. The molecule has 0 amide bonds. The van der Waals surface area contributed by atoms with Gasteiger partial charge in [-0.15, -0.1) is 0 Å². The van der Waals surface area contributed by atoms with Crippen LogP contribution in [0.2, 0.25) is 0 Å². The molecule has 0 saturated carbocycles. The fourth-order valence-corrected chi connectivity index (χ4v) is 2.38. The van der Waals surface area contributed by atoms with E-state index in [2.05, 4.69) is 13.8 Å². The summed E-state index contributed by atoms with van der Waals surface area (Å²) in [6.45, 7) is 7.09. The Bertz CT molecular complexity index is 408. The largest absolute Gasteiger partial charge is 0.493 e. The van der Waals surface area contributed by atoms with Crippen molar-refractivity contribution in [2.45, 2.75) is 65.3 Å². The monoisotopic (exact) mass is 295 g/mol. The lowest BCUT2D eigenvalue weighted by Crippen LogP contribution is -2.21. The van der Waals surface area contributed by atoms with E-state index < -0.39 is 0 Å². The van der Waals surface area contributed by atoms with E-state index in [-0.39, 0.29) is 11.9 Å².